The predicted molar refractivity (Wildman–Crippen MR) is 85.2 cm³/mol. The molecule has 0 bridgehead atoms. The van der Waals surface area contributed by atoms with E-state index in [4.69, 9.17) is 0 Å². The van der Waals surface area contributed by atoms with Crippen LogP contribution < -0.4 is 10.0 Å². The van der Waals surface area contributed by atoms with Crippen LogP contribution in [0.2, 0.25) is 0 Å². The Bertz CT molecular complexity index is 390. The first-order valence-electron chi connectivity index (χ1n) is 7.51. The molecule has 0 aromatic carbocycles. The molecule has 1 saturated carbocycles. The number of piperidine rings is 1. The average Bonchev–Trinajstić information content (AvgIpc) is 3.20. The first-order valence-corrected chi connectivity index (χ1v) is 10.3. The maximum Gasteiger partial charge on any atom is 0.279 e. The van der Waals surface area contributed by atoms with Gasteiger partial charge in [0.05, 0.1) is 0 Å². The Morgan fingerprint density at radius 1 is 1.25 bits per heavy atom. The largest absolute Gasteiger partial charge is 0.314 e. The van der Waals surface area contributed by atoms with Gasteiger partial charge in [-0.05, 0) is 51.3 Å². The SMILES string of the molecule is CSCC(C)NS(=O)(=O)N1CCC(CNC2CC2)CC1. The van der Waals surface area contributed by atoms with Gasteiger partial charge in [0, 0.05) is 30.9 Å². The Labute approximate surface area is 127 Å². The second-order valence-electron chi connectivity index (χ2n) is 6.00. The van der Waals surface area contributed by atoms with Gasteiger partial charge in [-0.15, -0.1) is 0 Å². The molecule has 1 unspecified atom stereocenters. The minimum absolute atomic E-state index is 0.00995. The number of hydrogen-bond donors (Lipinski definition) is 2. The fraction of sp³-hybridized carbons (Fsp3) is 1.00. The van der Waals surface area contributed by atoms with Gasteiger partial charge in [0.25, 0.3) is 10.2 Å². The Morgan fingerprint density at radius 3 is 2.45 bits per heavy atom. The Kier molecular flexibility index (Phi) is 6.16. The van der Waals surface area contributed by atoms with Gasteiger partial charge >= 0.3 is 0 Å². The van der Waals surface area contributed by atoms with Crippen molar-refractivity contribution in [2.75, 3.05) is 31.6 Å². The minimum atomic E-state index is -3.30. The lowest BCUT2D eigenvalue weighted by molar-refractivity contribution is 0.264. The zero-order valence-electron chi connectivity index (χ0n) is 12.5. The van der Waals surface area contributed by atoms with Crippen LogP contribution in [0.15, 0.2) is 0 Å². The summed E-state index contributed by atoms with van der Waals surface area (Å²) in [4.78, 5) is 0. The van der Waals surface area contributed by atoms with Crippen molar-refractivity contribution in [2.24, 2.45) is 5.92 Å². The second kappa shape index (κ2) is 7.45. The highest BCUT2D eigenvalue weighted by molar-refractivity contribution is 7.98. The molecule has 1 aliphatic heterocycles. The van der Waals surface area contributed by atoms with Crippen molar-refractivity contribution in [3.8, 4) is 0 Å². The highest BCUT2D eigenvalue weighted by Crippen LogP contribution is 2.22. The van der Waals surface area contributed by atoms with E-state index >= 15 is 0 Å². The van der Waals surface area contributed by atoms with E-state index in [1.165, 1.54) is 12.8 Å². The van der Waals surface area contributed by atoms with Crippen LogP contribution in [0.4, 0.5) is 0 Å². The molecular formula is C13H27N3O2S2. The smallest absolute Gasteiger partial charge is 0.279 e. The quantitative estimate of drug-likeness (QED) is 0.701. The topological polar surface area (TPSA) is 61.4 Å². The molecule has 20 heavy (non-hydrogen) atoms. The van der Waals surface area contributed by atoms with Crippen LogP contribution in [0.1, 0.15) is 32.6 Å². The molecule has 118 valence electrons. The Hall–Kier alpha value is 0.180. The van der Waals surface area contributed by atoms with Crippen molar-refractivity contribution in [3.63, 3.8) is 0 Å². The molecule has 1 aliphatic carbocycles. The standard InChI is InChI=1S/C13H27N3O2S2/c1-11(10-19-2)15-20(17,18)16-7-5-12(6-8-16)9-14-13-3-4-13/h11-15H,3-10H2,1-2H3. The van der Waals surface area contributed by atoms with E-state index in [0.29, 0.717) is 19.0 Å². The third-order valence-corrected chi connectivity index (χ3v) is 6.53. The lowest BCUT2D eigenvalue weighted by Crippen LogP contribution is -2.49. The number of rotatable bonds is 8. The van der Waals surface area contributed by atoms with Gasteiger partial charge in [-0.1, -0.05) is 0 Å². The zero-order valence-corrected chi connectivity index (χ0v) is 14.1. The molecule has 2 rings (SSSR count). The van der Waals surface area contributed by atoms with Gasteiger partial charge < -0.3 is 5.32 Å². The van der Waals surface area contributed by atoms with Crippen molar-refractivity contribution in [3.05, 3.63) is 0 Å². The van der Waals surface area contributed by atoms with Gasteiger partial charge in [0.2, 0.25) is 0 Å². The van der Waals surface area contributed by atoms with Crippen LogP contribution in [-0.4, -0.2) is 56.4 Å². The summed E-state index contributed by atoms with van der Waals surface area (Å²) in [6.07, 6.45) is 6.55. The second-order valence-corrected chi connectivity index (χ2v) is 8.62. The molecular weight excluding hydrogens is 294 g/mol. The molecule has 1 atom stereocenters. The van der Waals surface area contributed by atoms with Crippen molar-refractivity contribution < 1.29 is 8.42 Å². The molecule has 2 aliphatic rings. The fourth-order valence-corrected chi connectivity index (χ4v) is 4.71. The van der Waals surface area contributed by atoms with Crippen molar-refractivity contribution in [1.29, 1.82) is 0 Å². The molecule has 5 nitrogen and oxygen atoms in total. The summed E-state index contributed by atoms with van der Waals surface area (Å²) >= 11 is 1.66. The monoisotopic (exact) mass is 321 g/mol. The van der Waals surface area contributed by atoms with E-state index in [9.17, 15) is 8.42 Å². The summed E-state index contributed by atoms with van der Waals surface area (Å²) < 4.78 is 28.9. The van der Waals surface area contributed by atoms with Crippen molar-refractivity contribution in [2.45, 2.75) is 44.7 Å². The molecule has 0 radical (unpaired) electrons. The van der Waals surface area contributed by atoms with Crippen LogP contribution in [-0.2, 0) is 10.2 Å². The molecule has 2 fully saturated rings. The first kappa shape index (κ1) is 16.5. The third kappa shape index (κ3) is 5.18. The lowest BCUT2D eigenvalue weighted by atomic mass is 9.98. The molecule has 0 spiro atoms. The summed E-state index contributed by atoms with van der Waals surface area (Å²) in [5.74, 6) is 1.44. The maximum atomic E-state index is 12.2. The van der Waals surface area contributed by atoms with Crippen LogP contribution in [0.5, 0.6) is 0 Å². The molecule has 1 saturated heterocycles. The van der Waals surface area contributed by atoms with E-state index in [2.05, 4.69) is 10.0 Å². The zero-order chi connectivity index (χ0) is 14.6. The van der Waals surface area contributed by atoms with E-state index in [1.54, 1.807) is 16.1 Å². The lowest BCUT2D eigenvalue weighted by Gasteiger charge is -2.32. The van der Waals surface area contributed by atoms with E-state index < -0.39 is 10.2 Å². The van der Waals surface area contributed by atoms with Crippen LogP contribution in [0.25, 0.3) is 0 Å². The van der Waals surface area contributed by atoms with E-state index in [0.717, 1.165) is 31.2 Å². The summed E-state index contributed by atoms with van der Waals surface area (Å²) in [5.41, 5.74) is 0. The maximum absolute atomic E-state index is 12.2. The molecule has 2 N–H and O–H groups in total. The summed E-state index contributed by atoms with van der Waals surface area (Å²) in [6, 6.07) is 0.732. The van der Waals surface area contributed by atoms with Gasteiger partial charge in [0.1, 0.15) is 0 Å². The number of nitrogens with zero attached hydrogens (tertiary/aromatic N) is 1. The van der Waals surface area contributed by atoms with Gasteiger partial charge in [-0.3, -0.25) is 0 Å². The van der Waals surface area contributed by atoms with Gasteiger partial charge in [-0.25, -0.2) is 0 Å². The van der Waals surface area contributed by atoms with E-state index in [1.807, 2.05) is 13.2 Å². The van der Waals surface area contributed by atoms with Crippen LogP contribution >= 0.6 is 11.8 Å². The highest BCUT2D eigenvalue weighted by Gasteiger charge is 2.29. The number of nitrogens with one attached hydrogen (secondary N) is 2. The van der Waals surface area contributed by atoms with Gasteiger partial charge in [-0.2, -0.15) is 29.2 Å². The summed E-state index contributed by atoms with van der Waals surface area (Å²) in [6.45, 7) is 4.27. The van der Waals surface area contributed by atoms with Gasteiger partial charge in [0.15, 0.2) is 0 Å². The Morgan fingerprint density at radius 2 is 1.90 bits per heavy atom. The number of thioether (sulfide) groups is 1. The van der Waals surface area contributed by atoms with Crippen molar-refractivity contribution >= 4 is 22.0 Å². The first-order chi connectivity index (χ1) is 9.51. The Balaban J connectivity index is 1.73. The minimum Gasteiger partial charge on any atom is -0.314 e. The highest BCUT2D eigenvalue weighted by atomic mass is 32.2. The summed E-state index contributed by atoms with van der Waals surface area (Å²) in [7, 11) is -3.30. The third-order valence-electron chi connectivity index (χ3n) is 3.95. The molecule has 0 aromatic heterocycles. The molecule has 0 amide bonds. The molecule has 7 heteroatoms. The predicted octanol–water partition coefficient (Wildman–Crippen LogP) is 1.04. The fourth-order valence-electron chi connectivity index (χ4n) is 2.59. The van der Waals surface area contributed by atoms with Crippen LogP contribution in [0.3, 0.4) is 0 Å². The van der Waals surface area contributed by atoms with E-state index in [-0.39, 0.29) is 6.04 Å². The molecule has 1 heterocycles. The number of hydrogen-bond acceptors (Lipinski definition) is 4. The van der Waals surface area contributed by atoms with Crippen LogP contribution in [0, 0.1) is 5.92 Å². The van der Waals surface area contributed by atoms with Crippen molar-refractivity contribution in [1.82, 2.24) is 14.3 Å². The average molecular weight is 322 g/mol. The normalized spacial score (nSPS) is 23.9. The summed E-state index contributed by atoms with van der Waals surface area (Å²) in [5, 5.41) is 3.54. The molecule has 0 aromatic rings.